The van der Waals surface area contributed by atoms with Crippen LogP contribution in [0, 0.1) is 5.82 Å². The number of benzene rings is 1. The average molecular weight is 270 g/mol. The highest BCUT2D eigenvalue weighted by atomic mass is 32.2. The van der Waals surface area contributed by atoms with E-state index in [1.807, 2.05) is 16.7 Å². The zero-order valence-corrected chi connectivity index (χ0v) is 10.8. The van der Waals surface area contributed by atoms with Crippen molar-refractivity contribution in [2.45, 2.75) is 12.2 Å². The Morgan fingerprint density at radius 2 is 2.33 bits per heavy atom. The zero-order chi connectivity index (χ0) is 13.3. The Hall–Kier alpha value is -1.43. The van der Waals surface area contributed by atoms with Crippen LogP contribution < -0.4 is 10.6 Å². The van der Waals surface area contributed by atoms with Crippen molar-refractivity contribution in [3.63, 3.8) is 0 Å². The monoisotopic (exact) mass is 270 g/mol. The third-order valence-electron chi connectivity index (χ3n) is 2.93. The molecule has 1 aliphatic heterocycles. The zero-order valence-electron chi connectivity index (χ0n) is 10.0. The number of rotatable bonds is 2. The number of nitrogens with zero attached hydrogens (tertiary/aromatic N) is 1. The lowest BCUT2D eigenvalue weighted by Crippen LogP contribution is -2.37. The Morgan fingerprint density at radius 1 is 1.61 bits per heavy atom. The molecule has 1 saturated heterocycles. The number of carboxylic acid groups (broad SMARTS) is 1. The van der Waals surface area contributed by atoms with Gasteiger partial charge in [0, 0.05) is 29.8 Å². The molecule has 1 fully saturated rings. The molecule has 1 heterocycles. The first kappa shape index (κ1) is 13.0. The summed E-state index contributed by atoms with van der Waals surface area (Å²) in [5.74, 6) is -0.683. The first-order valence-corrected chi connectivity index (χ1v) is 6.72. The fraction of sp³-hybridized carbons (Fsp3) is 0.417. The van der Waals surface area contributed by atoms with Crippen LogP contribution in [0.15, 0.2) is 12.1 Å². The molecule has 3 N–H and O–H groups in total. The highest BCUT2D eigenvalue weighted by Crippen LogP contribution is 2.29. The number of nitrogens with two attached hydrogens (primary N) is 1. The van der Waals surface area contributed by atoms with E-state index >= 15 is 0 Å². The van der Waals surface area contributed by atoms with Crippen molar-refractivity contribution in [2.24, 2.45) is 0 Å². The summed E-state index contributed by atoms with van der Waals surface area (Å²) in [5.41, 5.74) is 5.75. The van der Waals surface area contributed by atoms with Gasteiger partial charge in [0.05, 0.1) is 11.3 Å². The van der Waals surface area contributed by atoms with E-state index in [1.54, 1.807) is 0 Å². The van der Waals surface area contributed by atoms with Crippen molar-refractivity contribution in [3.8, 4) is 0 Å². The molecule has 1 aliphatic rings. The van der Waals surface area contributed by atoms with E-state index in [2.05, 4.69) is 6.92 Å². The molecule has 18 heavy (non-hydrogen) atoms. The van der Waals surface area contributed by atoms with Gasteiger partial charge in [0.1, 0.15) is 5.82 Å². The molecule has 0 radical (unpaired) electrons. The number of thioether (sulfide) groups is 1. The molecule has 0 spiro atoms. The van der Waals surface area contributed by atoms with E-state index in [9.17, 15) is 9.18 Å². The van der Waals surface area contributed by atoms with Gasteiger partial charge in [0.15, 0.2) is 0 Å². The highest BCUT2D eigenvalue weighted by molar-refractivity contribution is 8.00. The summed E-state index contributed by atoms with van der Waals surface area (Å²) in [7, 11) is 0. The molecular formula is C12H15FN2O2S. The van der Waals surface area contributed by atoms with Gasteiger partial charge < -0.3 is 15.7 Å². The fourth-order valence-electron chi connectivity index (χ4n) is 2.04. The van der Waals surface area contributed by atoms with Crippen molar-refractivity contribution in [1.29, 1.82) is 0 Å². The van der Waals surface area contributed by atoms with E-state index in [-0.39, 0.29) is 11.3 Å². The van der Waals surface area contributed by atoms with E-state index in [4.69, 9.17) is 10.8 Å². The molecular weight excluding hydrogens is 255 g/mol. The van der Waals surface area contributed by atoms with Crippen LogP contribution in [0.2, 0.25) is 0 Å². The highest BCUT2D eigenvalue weighted by Gasteiger charge is 2.22. The van der Waals surface area contributed by atoms with E-state index in [1.165, 1.54) is 6.07 Å². The summed E-state index contributed by atoms with van der Waals surface area (Å²) in [6.07, 6.45) is 0. The molecule has 0 aliphatic carbocycles. The Morgan fingerprint density at radius 3 is 2.94 bits per heavy atom. The summed E-state index contributed by atoms with van der Waals surface area (Å²) >= 11 is 1.83. The lowest BCUT2D eigenvalue weighted by Gasteiger charge is -2.32. The molecule has 1 atom stereocenters. The van der Waals surface area contributed by atoms with Crippen LogP contribution >= 0.6 is 11.8 Å². The van der Waals surface area contributed by atoms with Crippen molar-refractivity contribution in [3.05, 3.63) is 23.5 Å². The van der Waals surface area contributed by atoms with Crippen LogP contribution in [-0.2, 0) is 0 Å². The maximum absolute atomic E-state index is 13.9. The summed E-state index contributed by atoms with van der Waals surface area (Å²) in [4.78, 5) is 12.9. The predicted molar refractivity (Wildman–Crippen MR) is 71.9 cm³/mol. The number of halogens is 1. The van der Waals surface area contributed by atoms with Crippen LogP contribution in [0.25, 0.3) is 0 Å². The van der Waals surface area contributed by atoms with Crippen LogP contribution in [0.5, 0.6) is 0 Å². The van der Waals surface area contributed by atoms with Gasteiger partial charge in [-0.3, -0.25) is 0 Å². The number of hydrogen-bond acceptors (Lipinski definition) is 4. The largest absolute Gasteiger partial charge is 0.478 e. The molecule has 4 nitrogen and oxygen atoms in total. The molecule has 0 saturated carbocycles. The van der Waals surface area contributed by atoms with Crippen LogP contribution in [0.3, 0.4) is 0 Å². The van der Waals surface area contributed by atoms with Crippen LogP contribution in [0.1, 0.15) is 17.3 Å². The maximum Gasteiger partial charge on any atom is 0.337 e. The van der Waals surface area contributed by atoms with E-state index in [0.717, 1.165) is 18.4 Å². The van der Waals surface area contributed by atoms with Crippen molar-refractivity contribution in [1.82, 2.24) is 0 Å². The van der Waals surface area contributed by atoms with Gasteiger partial charge in [0.2, 0.25) is 0 Å². The van der Waals surface area contributed by atoms with Gasteiger partial charge in [-0.1, -0.05) is 6.92 Å². The topological polar surface area (TPSA) is 66.6 Å². The molecule has 0 aromatic heterocycles. The Balaban J connectivity index is 2.37. The Bertz CT molecular complexity index is 481. The Labute approximate surface area is 109 Å². The van der Waals surface area contributed by atoms with Gasteiger partial charge in [0.25, 0.3) is 0 Å². The molecule has 1 unspecified atom stereocenters. The number of hydrogen-bond donors (Lipinski definition) is 2. The predicted octanol–water partition coefficient (Wildman–Crippen LogP) is 2.05. The minimum absolute atomic E-state index is 0.0387. The first-order valence-electron chi connectivity index (χ1n) is 5.68. The second-order valence-electron chi connectivity index (χ2n) is 4.32. The Kier molecular flexibility index (Phi) is 3.65. The summed E-state index contributed by atoms with van der Waals surface area (Å²) < 4.78 is 13.9. The molecule has 0 bridgehead atoms. The second kappa shape index (κ2) is 5.06. The lowest BCUT2D eigenvalue weighted by atomic mass is 10.1. The molecule has 0 amide bonds. The first-order chi connectivity index (χ1) is 8.49. The lowest BCUT2D eigenvalue weighted by molar-refractivity contribution is 0.0698. The van der Waals surface area contributed by atoms with Gasteiger partial charge in [-0.15, -0.1) is 0 Å². The minimum atomic E-state index is -1.13. The van der Waals surface area contributed by atoms with Gasteiger partial charge in [-0.25, -0.2) is 9.18 Å². The van der Waals surface area contributed by atoms with Crippen molar-refractivity contribution in [2.75, 3.05) is 29.5 Å². The summed E-state index contributed by atoms with van der Waals surface area (Å²) in [6.45, 7) is 3.50. The third kappa shape index (κ3) is 2.53. The van der Waals surface area contributed by atoms with Crippen LogP contribution in [-0.4, -0.2) is 35.2 Å². The standard InChI is InChI=1S/C12H15FN2O2S/c1-7-6-15(2-3-18-7)11-4-8(12(16)17)10(14)5-9(11)13/h4-5,7H,2-3,6,14H2,1H3,(H,16,17). The quantitative estimate of drug-likeness (QED) is 0.805. The molecule has 98 valence electrons. The van der Waals surface area contributed by atoms with E-state index < -0.39 is 11.8 Å². The minimum Gasteiger partial charge on any atom is -0.478 e. The maximum atomic E-state index is 13.9. The third-order valence-corrected chi connectivity index (χ3v) is 4.07. The number of carbonyl (C=O) groups is 1. The van der Waals surface area contributed by atoms with Crippen molar-refractivity contribution >= 4 is 29.1 Å². The molecule has 1 aromatic rings. The average Bonchev–Trinajstić information content (AvgIpc) is 2.28. The van der Waals surface area contributed by atoms with Gasteiger partial charge in [-0.05, 0) is 12.1 Å². The second-order valence-corrected chi connectivity index (χ2v) is 5.87. The SMILES string of the molecule is CC1CN(c2cc(C(=O)O)c(N)cc2F)CCS1. The number of nitrogen functional groups attached to an aromatic ring is 1. The van der Waals surface area contributed by atoms with Crippen LogP contribution in [0.4, 0.5) is 15.8 Å². The summed E-state index contributed by atoms with van der Waals surface area (Å²) in [5, 5.41) is 9.41. The number of aromatic carboxylic acids is 1. The van der Waals surface area contributed by atoms with Crippen molar-refractivity contribution < 1.29 is 14.3 Å². The number of carboxylic acids is 1. The molecule has 2 rings (SSSR count). The summed E-state index contributed by atoms with van der Waals surface area (Å²) in [6, 6.07) is 2.42. The molecule has 6 heteroatoms. The number of anilines is 2. The van der Waals surface area contributed by atoms with Gasteiger partial charge in [-0.2, -0.15) is 11.8 Å². The van der Waals surface area contributed by atoms with Gasteiger partial charge >= 0.3 is 5.97 Å². The van der Waals surface area contributed by atoms with E-state index in [0.29, 0.717) is 17.5 Å². The smallest absolute Gasteiger partial charge is 0.337 e. The fourth-order valence-corrected chi connectivity index (χ4v) is 3.06. The molecule has 1 aromatic carbocycles. The normalized spacial score (nSPS) is 19.9.